The van der Waals surface area contributed by atoms with E-state index in [-0.39, 0.29) is 5.91 Å². The number of carbonyl (C=O) groups is 1. The SMILES string of the molecule is CN(C)c1ccc(C(=O)N2CCCc3cc(Br)cc(Cl)c32)cn1. The van der Waals surface area contributed by atoms with E-state index in [2.05, 4.69) is 20.9 Å². The molecule has 0 spiro atoms. The molecule has 1 aliphatic rings. The number of halogens is 2. The summed E-state index contributed by atoms with van der Waals surface area (Å²) in [6.45, 7) is 0.669. The van der Waals surface area contributed by atoms with Crippen molar-refractivity contribution in [1.29, 1.82) is 0 Å². The number of aryl methyl sites for hydroxylation is 1. The van der Waals surface area contributed by atoms with Gasteiger partial charge >= 0.3 is 0 Å². The van der Waals surface area contributed by atoms with Gasteiger partial charge in [0.15, 0.2) is 0 Å². The van der Waals surface area contributed by atoms with E-state index in [0.29, 0.717) is 17.1 Å². The van der Waals surface area contributed by atoms with Gasteiger partial charge in [0.2, 0.25) is 0 Å². The lowest BCUT2D eigenvalue weighted by Crippen LogP contribution is -2.35. The van der Waals surface area contributed by atoms with Gasteiger partial charge in [-0.25, -0.2) is 4.98 Å². The minimum Gasteiger partial charge on any atom is -0.363 e. The summed E-state index contributed by atoms with van der Waals surface area (Å²) >= 11 is 9.86. The molecule has 0 fully saturated rings. The lowest BCUT2D eigenvalue weighted by atomic mass is 10.0. The van der Waals surface area contributed by atoms with E-state index in [0.717, 1.165) is 34.4 Å². The highest BCUT2D eigenvalue weighted by atomic mass is 79.9. The van der Waals surface area contributed by atoms with Crippen LogP contribution in [0.3, 0.4) is 0 Å². The molecule has 3 rings (SSSR count). The summed E-state index contributed by atoms with van der Waals surface area (Å²) in [5, 5.41) is 0.597. The molecule has 1 aromatic carbocycles. The van der Waals surface area contributed by atoms with Crippen LogP contribution in [-0.2, 0) is 6.42 Å². The number of benzene rings is 1. The zero-order valence-corrected chi connectivity index (χ0v) is 15.4. The zero-order valence-electron chi connectivity index (χ0n) is 13.0. The van der Waals surface area contributed by atoms with Crippen molar-refractivity contribution in [3.63, 3.8) is 0 Å². The van der Waals surface area contributed by atoms with Crippen LogP contribution in [-0.4, -0.2) is 31.5 Å². The molecule has 0 saturated carbocycles. The van der Waals surface area contributed by atoms with Gasteiger partial charge in [-0.15, -0.1) is 0 Å². The van der Waals surface area contributed by atoms with Crippen molar-refractivity contribution in [3.05, 3.63) is 51.1 Å². The number of anilines is 2. The number of nitrogens with zero attached hydrogens (tertiary/aromatic N) is 3. The molecule has 0 aliphatic carbocycles. The lowest BCUT2D eigenvalue weighted by Gasteiger charge is -2.30. The standard InChI is InChI=1S/C17H17BrClN3O/c1-21(2)15-6-5-12(10-20-15)17(23)22-7-3-4-11-8-13(18)9-14(19)16(11)22/h5-6,8-10H,3-4,7H2,1-2H3. The van der Waals surface area contributed by atoms with Gasteiger partial charge in [-0.1, -0.05) is 27.5 Å². The monoisotopic (exact) mass is 393 g/mol. The number of hydrogen-bond acceptors (Lipinski definition) is 3. The van der Waals surface area contributed by atoms with Crippen LogP contribution in [0.2, 0.25) is 5.02 Å². The number of hydrogen-bond donors (Lipinski definition) is 0. The Balaban J connectivity index is 1.95. The third-order valence-corrected chi connectivity index (χ3v) is 4.65. The van der Waals surface area contributed by atoms with E-state index in [1.54, 1.807) is 11.1 Å². The summed E-state index contributed by atoms with van der Waals surface area (Å²) < 4.78 is 0.938. The van der Waals surface area contributed by atoms with E-state index >= 15 is 0 Å². The molecule has 6 heteroatoms. The molecule has 1 amide bonds. The lowest BCUT2D eigenvalue weighted by molar-refractivity contribution is 0.0985. The predicted molar refractivity (Wildman–Crippen MR) is 97.7 cm³/mol. The molecule has 0 N–H and O–H groups in total. The Bertz CT molecular complexity index is 746. The normalized spacial score (nSPS) is 13.7. The predicted octanol–water partition coefficient (Wildman–Crippen LogP) is 4.16. The first kappa shape index (κ1) is 16.3. The van der Waals surface area contributed by atoms with Crippen molar-refractivity contribution in [2.24, 2.45) is 0 Å². The van der Waals surface area contributed by atoms with Crippen LogP contribution in [0.5, 0.6) is 0 Å². The van der Waals surface area contributed by atoms with Crippen molar-refractivity contribution in [2.75, 3.05) is 30.4 Å². The second-order valence-electron chi connectivity index (χ2n) is 5.76. The quantitative estimate of drug-likeness (QED) is 0.767. The molecule has 0 atom stereocenters. The van der Waals surface area contributed by atoms with Gasteiger partial charge in [0.25, 0.3) is 5.91 Å². The van der Waals surface area contributed by atoms with E-state index in [9.17, 15) is 4.79 Å². The van der Waals surface area contributed by atoms with Crippen LogP contribution >= 0.6 is 27.5 Å². The Morgan fingerprint density at radius 3 is 2.78 bits per heavy atom. The highest BCUT2D eigenvalue weighted by Crippen LogP contribution is 2.37. The second kappa shape index (κ2) is 6.49. The van der Waals surface area contributed by atoms with E-state index in [1.165, 1.54) is 0 Å². The van der Waals surface area contributed by atoms with Gasteiger partial charge in [0.05, 0.1) is 16.3 Å². The minimum absolute atomic E-state index is 0.0621. The Labute approximate surface area is 149 Å². The highest BCUT2D eigenvalue weighted by molar-refractivity contribution is 9.10. The van der Waals surface area contributed by atoms with Gasteiger partial charge in [-0.05, 0) is 42.7 Å². The average molecular weight is 395 g/mol. The number of carbonyl (C=O) groups excluding carboxylic acids is 1. The van der Waals surface area contributed by atoms with E-state index < -0.39 is 0 Å². The molecule has 0 radical (unpaired) electrons. The summed E-state index contributed by atoms with van der Waals surface area (Å²) in [5.74, 6) is 0.760. The molecule has 23 heavy (non-hydrogen) atoms. The van der Waals surface area contributed by atoms with Gasteiger partial charge in [0.1, 0.15) is 5.82 Å². The molecule has 120 valence electrons. The molecule has 0 unspecified atom stereocenters. The number of amides is 1. The molecule has 2 aromatic rings. The van der Waals surface area contributed by atoms with Crippen molar-refractivity contribution < 1.29 is 4.79 Å². The van der Waals surface area contributed by atoms with Gasteiger partial charge in [0, 0.05) is 31.3 Å². The third kappa shape index (κ3) is 3.21. The number of aromatic nitrogens is 1. The fourth-order valence-electron chi connectivity index (χ4n) is 2.79. The summed E-state index contributed by atoms with van der Waals surface area (Å²) in [7, 11) is 3.84. The Hall–Kier alpha value is -1.59. The van der Waals surface area contributed by atoms with Crippen LogP contribution in [0, 0.1) is 0 Å². The van der Waals surface area contributed by atoms with E-state index in [1.807, 2.05) is 43.3 Å². The number of pyridine rings is 1. The fourth-order valence-corrected chi connectivity index (χ4v) is 3.77. The van der Waals surface area contributed by atoms with Crippen molar-refractivity contribution in [1.82, 2.24) is 4.98 Å². The first-order chi connectivity index (χ1) is 11.0. The van der Waals surface area contributed by atoms with Crippen LogP contribution in [0.1, 0.15) is 22.3 Å². The summed E-state index contributed by atoms with van der Waals surface area (Å²) in [6, 6.07) is 7.53. The largest absolute Gasteiger partial charge is 0.363 e. The Kier molecular flexibility index (Phi) is 4.60. The van der Waals surface area contributed by atoms with Crippen molar-refractivity contribution >= 4 is 44.9 Å². The first-order valence-electron chi connectivity index (χ1n) is 7.40. The summed E-state index contributed by atoms with van der Waals surface area (Å²) in [5.41, 5.74) is 2.49. The van der Waals surface area contributed by atoms with Crippen molar-refractivity contribution in [2.45, 2.75) is 12.8 Å². The number of rotatable bonds is 2. The molecule has 2 heterocycles. The summed E-state index contributed by atoms with van der Waals surface area (Å²) in [6.07, 6.45) is 3.48. The second-order valence-corrected chi connectivity index (χ2v) is 7.08. The smallest absolute Gasteiger partial charge is 0.259 e. The van der Waals surface area contributed by atoms with Crippen LogP contribution in [0.15, 0.2) is 34.9 Å². The maximum absolute atomic E-state index is 12.9. The molecular formula is C17H17BrClN3O. The van der Waals surface area contributed by atoms with Crippen LogP contribution in [0.4, 0.5) is 11.5 Å². The molecule has 4 nitrogen and oxygen atoms in total. The average Bonchev–Trinajstić information content (AvgIpc) is 2.53. The Morgan fingerprint density at radius 2 is 2.13 bits per heavy atom. The van der Waals surface area contributed by atoms with Gasteiger partial charge in [-0.2, -0.15) is 0 Å². The molecule has 0 bridgehead atoms. The van der Waals surface area contributed by atoms with E-state index in [4.69, 9.17) is 11.6 Å². The minimum atomic E-state index is -0.0621. The van der Waals surface area contributed by atoms with Gasteiger partial charge in [-0.3, -0.25) is 4.79 Å². The van der Waals surface area contributed by atoms with Gasteiger partial charge < -0.3 is 9.80 Å². The molecule has 0 saturated heterocycles. The zero-order chi connectivity index (χ0) is 16.6. The number of fused-ring (bicyclic) bond motifs is 1. The molecule has 1 aliphatic heterocycles. The maximum Gasteiger partial charge on any atom is 0.259 e. The van der Waals surface area contributed by atoms with Crippen LogP contribution in [0.25, 0.3) is 0 Å². The first-order valence-corrected chi connectivity index (χ1v) is 8.57. The highest BCUT2D eigenvalue weighted by Gasteiger charge is 2.26. The molecule has 1 aromatic heterocycles. The fraction of sp³-hybridized carbons (Fsp3) is 0.294. The topological polar surface area (TPSA) is 36.4 Å². The third-order valence-electron chi connectivity index (χ3n) is 3.90. The van der Waals surface area contributed by atoms with Crippen molar-refractivity contribution in [3.8, 4) is 0 Å². The summed E-state index contributed by atoms with van der Waals surface area (Å²) in [4.78, 5) is 20.9. The maximum atomic E-state index is 12.9. The Morgan fingerprint density at radius 1 is 1.35 bits per heavy atom. The molecular weight excluding hydrogens is 378 g/mol. The van der Waals surface area contributed by atoms with Crippen LogP contribution < -0.4 is 9.80 Å².